The zero-order valence-corrected chi connectivity index (χ0v) is 17.8. The fourth-order valence-electron chi connectivity index (χ4n) is 2.57. The Kier molecular flexibility index (Phi) is 10.8. The number of rotatable bonds is 8. The van der Waals surface area contributed by atoms with Crippen molar-refractivity contribution in [3.05, 3.63) is 22.4 Å². The normalized spacial score (nSPS) is 17.5. The number of ether oxygens (including phenoxy) is 1. The van der Waals surface area contributed by atoms with E-state index in [2.05, 4.69) is 51.7 Å². The summed E-state index contributed by atoms with van der Waals surface area (Å²) in [4.78, 5) is 10.4. The Hall–Kier alpha value is -0.420. The molecule has 0 aromatic carbocycles. The Morgan fingerprint density at radius 1 is 1.46 bits per heavy atom. The van der Waals surface area contributed by atoms with Crippen LogP contribution in [0.3, 0.4) is 0 Å². The van der Waals surface area contributed by atoms with Crippen molar-refractivity contribution in [1.29, 1.82) is 0 Å². The maximum absolute atomic E-state index is 5.98. The van der Waals surface area contributed by atoms with E-state index in [1.165, 1.54) is 4.88 Å². The van der Waals surface area contributed by atoms with E-state index in [1.807, 2.05) is 0 Å². The summed E-state index contributed by atoms with van der Waals surface area (Å²) >= 11 is 1.76. The molecule has 0 radical (unpaired) electrons. The van der Waals surface area contributed by atoms with Crippen LogP contribution in [0.4, 0.5) is 0 Å². The first-order chi connectivity index (χ1) is 11.2. The van der Waals surface area contributed by atoms with Gasteiger partial charge in [0.25, 0.3) is 0 Å². The first-order valence-electron chi connectivity index (χ1n) is 8.20. The maximum Gasteiger partial charge on any atom is 0.188 e. The number of thiophene rings is 1. The second-order valence-electron chi connectivity index (χ2n) is 5.96. The lowest BCUT2D eigenvalue weighted by atomic mass is 10.2. The molecular formula is C16H30IN5OS. The summed E-state index contributed by atoms with van der Waals surface area (Å²) in [5.74, 6) is 0.537. The summed E-state index contributed by atoms with van der Waals surface area (Å²) in [5.41, 5.74) is 5.98. The van der Waals surface area contributed by atoms with E-state index >= 15 is 0 Å². The molecule has 1 aliphatic rings. The molecule has 138 valence electrons. The number of nitrogens with one attached hydrogen (secondary N) is 1. The van der Waals surface area contributed by atoms with Gasteiger partial charge in [0.15, 0.2) is 5.96 Å². The molecule has 0 bridgehead atoms. The van der Waals surface area contributed by atoms with Crippen molar-refractivity contribution >= 4 is 41.3 Å². The number of likely N-dealkylation sites (N-methyl/N-ethyl adjacent to an activating group) is 1. The average Bonchev–Trinajstić information content (AvgIpc) is 3.06. The number of hydrogen-bond donors (Lipinski definition) is 2. The zero-order valence-electron chi connectivity index (χ0n) is 14.6. The number of hydrogen-bond acceptors (Lipinski definition) is 5. The van der Waals surface area contributed by atoms with E-state index in [9.17, 15) is 0 Å². The molecule has 2 heterocycles. The van der Waals surface area contributed by atoms with Gasteiger partial charge in [0.2, 0.25) is 0 Å². The summed E-state index contributed by atoms with van der Waals surface area (Å²) in [6.45, 7) is 6.40. The van der Waals surface area contributed by atoms with Crippen molar-refractivity contribution in [3.8, 4) is 0 Å². The molecule has 1 aromatic rings. The molecule has 0 aliphatic carbocycles. The number of nitrogens with zero attached hydrogens (tertiary/aromatic N) is 3. The summed E-state index contributed by atoms with van der Waals surface area (Å²) in [5, 5.41) is 5.32. The van der Waals surface area contributed by atoms with E-state index in [0.717, 1.165) is 45.8 Å². The van der Waals surface area contributed by atoms with Gasteiger partial charge in [-0.25, -0.2) is 0 Å². The smallest absolute Gasteiger partial charge is 0.188 e. The Balaban J connectivity index is 0.00000288. The van der Waals surface area contributed by atoms with Crippen LogP contribution in [0.5, 0.6) is 0 Å². The highest BCUT2D eigenvalue weighted by Crippen LogP contribution is 2.23. The quantitative estimate of drug-likeness (QED) is 0.263. The van der Waals surface area contributed by atoms with Crippen molar-refractivity contribution < 1.29 is 4.74 Å². The Morgan fingerprint density at radius 3 is 2.83 bits per heavy atom. The Bertz CT molecular complexity index is 463. The number of aliphatic imine (C=N–C) groups is 1. The maximum atomic E-state index is 5.98. The Labute approximate surface area is 166 Å². The number of guanidine groups is 1. The van der Waals surface area contributed by atoms with Gasteiger partial charge in [0, 0.05) is 24.5 Å². The van der Waals surface area contributed by atoms with Crippen molar-refractivity contribution in [2.75, 3.05) is 60.0 Å². The van der Waals surface area contributed by atoms with E-state index < -0.39 is 0 Å². The van der Waals surface area contributed by atoms with E-state index in [-0.39, 0.29) is 30.0 Å². The van der Waals surface area contributed by atoms with Crippen LogP contribution in [0.1, 0.15) is 17.3 Å². The SMILES string of the molecule is CN(C)C(CN=C(N)NCCCN1CCOCC1)c1cccs1.I. The van der Waals surface area contributed by atoms with Crippen LogP contribution in [-0.4, -0.2) is 75.8 Å². The van der Waals surface area contributed by atoms with Gasteiger partial charge in [-0.1, -0.05) is 6.07 Å². The lowest BCUT2D eigenvalue weighted by Gasteiger charge is -2.26. The van der Waals surface area contributed by atoms with Gasteiger partial charge in [-0.2, -0.15) is 0 Å². The van der Waals surface area contributed by atoms with Crippen LogP contribution >= 0.6 is 35.3 Å². The number of halogens is 1. The van der Waals surface area contributed by atoms with Crippen LogP contribution in [0.2, 0.25) is 0 Å². The lowest BCUT2D eigenvalue weighted by molar-refractivity contribution is 0.0376. The van der Waals surface area contributed by atoms with Crippen molar-refractivity contribution in [2.45, 2.75) is 12.5 Å². The molecular weight excluding hydrogens is 437 g/mol. The second kappa shape index (κ2) is 12.0. The molecule has 3 N–H and O–H groups in total. The fraction of sp³-hybridized carbons (Fsp3) is 0.688. The summed E-state index contributed by atoms with van der Waals surface area (Å²) < 4.78 is 5.35. The van der Waals surface area contributed by atoms with Gasteiger partial charge in [0.1, 0.15) is 0 Å². The molecule has 1 atom stereocenters. The van der Waals surface area contributed by atoms with Crippen molar-refractivity contribution in [2.24, 2.45) is 10.7 Å². The minimum Gasteiger partial charge on any atom is -0.379 e. The fourth-order valence-corrected chi connectivity index (χ4v) is 3.49. The van der Waals surface area contributed by atoms with Crippen LogP contribution in [0.15, 0.2) is 22.5 Å². The molecule has 0 amide bonds. The topological polar surface area (TPSA) is 66.1 Å². The second-order valence-corrected chi connectivity index (χ2v) is 6.93. The summed E-state index contributed by atoms with van der Waals surface area (Å²) in [6.07, 6.45) is 1.07. The van der Waals surface area contributed by atoms with Crippen molar-refractivity contribution in [3.63, 3.8) is 0 Å². The molecule has 2 rings (SSSR count). The highest BCUT2D eigenvalue weighted by atomic mass is 127. The van der Waals surface area contributed by atoms with E-state index in [1.54, 1.807) is 11.3 Å². The molecule has 0 saturated carbocycles. The van der Waals surface area contributed by atoms with Gasteiger partial charge >= 0.3 is 0 Å². The predicted octanol–water partition coefficient (Wildman–Crippen LogP) is 1.60. The third-order valence-corrected chi connectivity index (χ3v) is 4.96. The zero-order chi connectivity index (χ0) is 16.5. The third-order valence-electron chi connectivity index (χ3n) is 3.99. The van der Waals surface area contributed by atoms with Gasteiger partial charge in [-0.3, -0.25) is 9.89 Å². The molecule has 8 heteroatoms. The molecule has 24 heavy (non-hydrogen) atoms. The van der Waals surface area contributed by atoms with Crippen LogP contribution in [0.25, 0.3) is 0 Å². The van der Waals surface area contributed by atoms with E-state index in [0.29, 0.717) is 12.5 Å². The third kappa shape index (κ3) is 7.64. The summed E-state index contributed by atoms with van der Waals surface area (Å²) in [7, 11) is 4.15. The van der Waals surface area contributed by atoms with Crippen LogP contribution < -0.4 is 11.1 Å². The van der Waals surface area contributed by atoms with Crippen molar-refractivity contribution in [1.82, 2.24) is 15.1 Å². The van der Waals surface area contributed by atoms with Gasteiger partial charge in [0.05, 0.1) is 25.8 Å². The highest BCUT2D eigenvalue weighted by molar-refractivity contribution is 14.0. The predicted molar refractivity (Wildman–Crippen MR) is 113 cm³/mol. The average molecular weight is 467 g/mol. The molecule has 1 aromatic heterocycles. The molecule has 1 saturated heterocycles. The van der Waals surface area contributed by atoms with Crippen LogP contribution in [-0.2, 0) is 4.74 Å². The lowest BCUT2D eigenvalue weighted by Crippen LogP contribution is -2.39. The van der Waals surface area contributed by atoms with Crippen LogP contribution in [0, 0.1) is 0 Å². The first-order valence-corrected chi connectivity index (χ1v) is 9.08. The number of morpholine rings is 1. The van der Waals surface area contributed by atoms with Gasteiger partial charge in [-0.05, 0) is 38.5 Å². The molecule has 1 aliphatic heterocycles. The highest BCUT2D eigenvalue weighted by Gasteiger charge is 2.14. The van der Waals surface area contributed by atoms with Gasteiger partial charge < -0.3 is 20.7 Å². The summed E-state index contributed by atoms with van der Waals surface area (Å²) in [6, 6.07) is 4.51. The monoisotopic (exact) mass is 467 g/mol. The standard InChI is InChI=1S/C16H29N5OS.HI/c1-20(2)14(15-5-3-12-23-15)13-19-16(17)18-6-4-7-21-8-10-22-11-9-21;/h3,5,12,14H,4,6-11,13H2,1-2H3,(H3,17,18,19);1H. The first kappa shape index (κ1) is 21.6. The minimum atomic E-state index is 0. The largest absolute Gasteiger partial charge is 0.379 e. The molecule has 6 nitrogen and oxygen atoms in total. The molecule has 0 spiro atoms. The number of nitrogens with two attached hydrogens (primary N) is 1. The molecule has 1 unspecified atom stereocenters. The molecule has 1 fully saturated rings. The van der Waals surface area contributed by atoms with E-state index in [4.69, 9.17) is 10.5 Å². The minimum absolute atomic E-state index is 0. The van der Waals surface area contributed by atoms with Gasteiger partial charge in [-0.15, -0.1) is 35.3 Å². The Morgan fingerprint density at radius 2 is 2.21 bits per heavy atom.